The highest BCUT2D eigenvalue weighted by molar-refractivity contribution is 7.89. The van der Waals surface area contributed by atoms with Gasteiger partial charge in [-0.25, -0.2) is 8.42 Å². The fraction of sp³-hybridized carbons (Fsp3) is 0.538. The minimum atomic E-state index is -4.02. The molecular formula is C26H37N4O6S2+. The number of nitrogens with one attached hydrogen (secondary N) is 2. The van der Waals surface area contributed by atoms with E-state index in [0.29, 0.717) is 12.8 Å². The molecule has 1 saturated carbocycles. The molecule has 2 fully saturated rings. The van der Waals surface area contributed by atoms with Crippen LogP contribution in [0.1, 0.15) is 51.4 Å². The quantitative estimate of drug-likeness (QED) is 0.170. The number of thiol groups is 1. The summed E-state index contributed by atoms with van der Waals surface area (Å²) in [6, 6.07) is 2.91. The van der Waals surface area contributed by atoms with Gasteiger partial charge in [-0.2, -0.15) is 4.31 Å². The van der Waals surface area contributed by atoms with Crippen LogP contribution in [-0.2, 0) is 24.4 Å². The van der Waals surface area contributed by atoms with E-state index < -0.39 is 39.7 Å². The van der Waals surface area contributed by atoms with Crippen LogP contribution in [-0.4, -0.2) is 62.6 Å². The predicted octanol–water partition coefficient (Wildman–Crippen LogP) is 1.33. The van der Waals surface area contributed by atoms with Gasteiger partial charge in [0.1, 0.15) is 13.2 Å². The molecule has 1 aromatic heterocycles. The summed E-state index contributed by atoms with van der Waals surface area (Å²) in [6.45, 7) is 3.30. The largest absolute Gasteiger partial charge is 0.362 e. The van der Waals surface area contributed by atoms with E-state index in [1.165, 1.54) is 31.5 Å². The van der Waals surface area contributed by atoms with Crippen molar-refractivity contribution in [3.63, 3.8) is 0 Å². The zero-order chi connectivity index (χ0) is 27.7. The van der Waals surface area contributed by atoms with Gasteiger partial charge >= 0.3 is 15.0 Å². The van der Waals surface area contributed by atoms with Crippen molar-refractivity contribution in [2.75, 3.05) is 20.2 Å². The van der Waals surface area contributed by atoms with E-state index in [1.807, 2.05) is 0 Å². The standard InChI is InChI=1S/C26H36N4O6S2/c1-3-10-23(37)26(33)28-21(17-19-11-5-4-6-12-19)25(32)27-20-13-9-15-29(18-22(20)31)38(34,35)24-14-7-8-16-30(24)36-2/h3,7-8,10,14,16,19-21H,1,4-6,9,11-13,15,17-18H2,2H3,(H2-,27,28,32,33,37)/p+1/b23-10-/t20?,21-/m0/s1. The number of nitrogens with zero attached hydrogens (tertiary/aromatic N) is 2. The van der Waals surface area contributed by atoms with Crippen molar-refractivity contribution in [1.82, 2.24) is 14.9 Å². The van der Waals surface area contributed by atoms with Crippen LogP contribution in [0, 0.1) is 5.92 Å². The van der Waals surface area contributed by atoms with Crippen molar-refractivity contribution in [2.45, 2.75) is 68.5 Å². The van der Waals surface area contributed by atoms with Crippen LogP contribution in [0.4, 0.5) is 0 Å². The van der Waals surface area contributed by atoms with E-state index in [1.54, 1.807) is 12.1 Å². The summed E-state index contributed by atoms with van der Waals surface area (Å²) in [4.78, 5) is 44.3. The van der Waals surface area contributed by atoms with Crippen LogP contribution in [0.2, 0.25) is 0 Å². The zero-order valence-electron chi connectivity index (χ0n) is 21.7. The molecule has 0 bridgehead atoms. The highest BCUT2D eigenvalue weighted by Gasteiger charge is 2.39. The van der Waals surface area contributed by atoms with Crippen molar-refractivity contribution in [1.29, 1.82) is 0 Å². The number of hydrogen-bond acceptors (Lipinski definition) is 7. The number of Topliss-reactive ketones (excluding diaryl/α,β-unsaturated/α-hetero) is 1. The Morgan fingerprint density at radius 2 is 1.97 bits per heavy atom. The van der Waals surface area contributed by atoms with Gasteiger partial charge in [-0.05, 0) is 37.3 Å². The number of aromatic nitrogens is 1. The Bertz CT molecular complexity index is 1160. The lowest BCUT2D eigenvalue weighted by molar-refractivity contribution is -0.914. The van der Waals surface area contributed by atoms with Crippen LogP contribution in [0.25, 0.3) is 0 Å². The molecule has 2 heterocycles. The molecule has 1 saturated heterocycles. The number of carbonyl (C=O) groups is 3. The molecule has 1 aromatic rings. The topological polar surface area (TPSA) is 126 Å². The van der Waals surface area contributed by atoms with Gasteiger partial charge in [-0.15, -0.1) is 12.6 Å². The Hall–Kier alpha value is -2.70. The third-order valence-corrected chi connectivity index (χ3v) is 9.14. The molecule has 3 rings (SSSR count). The molecule has 38 heavy (non-hydrogen) atoms. The molecule has 2 aliphatic rings. The minimum absolute atomic E-state index is 0.0943. The number of allylic oxidation sites excluding steroid dienone is 2. The Kier molecular flexibility index (Phi) is 10.9. The van der Waals surface area contributed by atoms with Crippen LogP contribution in [0.15, 0.2) is 53.1 Å². The molecule has 0 spiro atoms. The lowest BCUT2D eigenvalue weighted by Crippen LogP contribution is -2.53. The molecule has 2 amide bonds. The number of carbonyl (C=O) groups excluding carboxylic acids is 3. The van der Waals surface area contributed by atoms with Crippen molar-refractivity contribution >= 4 is 40.2 Å². The van der Waals surface area contributed by atoms with Crippen LogP contribution < -0.4 is 20.2 Å². The first-order valence-corrected chi connectivity index (χ1v) is 14.8. The van der Waals surface area contributed by atoms with Gasteiger partial charge in [0.25, 0.3) is 5.91 Å². The van der Waals surface area contributed by atoms with Crippen LogP contribution in [0.5, 0.6) is 0 Å². The van der Waals surface area contributed by atoms with Crippen molar-refractivity contribution in [3.05, 3.63) is 48.0 Å². The molecule has 2 atom stereocenters. The minimum Gasteiger partial charge on any atom is -0.344 e. The van der Waals surface area contributed by atoms with Gasteiger partial charge in [0.05, 0.1) is 17.5 Å². The first-order valence-electron chi connectivity index (χ1n) is 12.9. The third kappa shape index (κ3) is 7.67. The Balaban J connectivity index is 1.72. The van der Waals surface area contributed by atoms with E-state index >= 15 is 0 Å². The van der Waals surface area contributed by atoms with Crippen molar-refractivity contribution in [2.24, 2.45) is 5.92 Å². The maximum atomic E-state index is 13.3. The molecule has 2 N–H and O–H groups in total. The summed E-state index contributed by atoms with van der Waals surface area (Å²) in [7, 11) is -2.67. The molecule has 12 heteroatoms. The van der Waals surface area contributed by atoms with Gasteiger partial charge in [0.15, 0.2) is 5.78 Å². The Morgan fingerprint density at radius 1 is 1.24 bits per heavy atom. The number of ketones is 1. The van der Waals surface area contributed by atoms with Gasteiger partial charge in [0, 0.05) is 23.4 Å². The molecule has 0 aromatic carbocycles. The van der Waals surface area contributed by atoms with Crippen LogP contribution >= 0.6 is 12.6 Å². The molecule has 1 aliphatic heterocycles. The summed E-state index contributed by atoms with van der Waals surface area (Å²) in [5.41, 5.74) is 0. The maximum absolute atomic E-state index is 13.3. The molecule has 0 radical (unpaired) electrons. The molecule has 208 valence electrons. The highest BCUT2D eigenvalue weighted by Crippen LogP contribution is 2.28. The van der Waals surface area contributed by atoms with Gasteiger partial charge in [-0.1, -0.05) is 44.8 Å². The fourth-order valence-electron chi connectivity index (χ4n) is 4.93. The second-order valence-corrected chi connectivity index (χ2v) is 12.0. The maximum Gasteiger partial charge on any atom is 0.362 e. The summed E-state index contributed by atoms with van der Waals surface area (Å²) in [6.07, 6.45) is 10.7. The van der Waals surface area contributed by atoms with E-state index in [0.717, 1.165) is 41.1 Å². The molecular weight excluding hydrogens is 528 g/mol. The van der Waals surface area contributed by atoms with Crippen LogP contribution in [0.3, 0.4) is 0 Å². The molecule has 10 nitrogen and oxygen atoms in total. The smallest absolute Gasteiger partial charge is 0.344 e. The lowest BCUT2D eigenvalue weighted by atomic mass is 9.84. The number of pyridine rings is 1. The Labute approximate surface area is 229 Å². The van der Waals surface area contributed by atoms with Gasteiger partial charge in [-0.3, -0.25) is 19.2 Å². The molecule has 1 aliphatic carbocycles. The van der Waals surface area contributed by atoms with Gasteiger partial charge < -0.3 is 10.6 Å². The van der Waals surface area contributed by atoms with E-state index in [9.17, 15) is 22.8 Å². The van der Waals surface area contributed by atoms with E-state index in [2.05, 4.69) is 29.8 Å². The monoisotopic (exact) mass is 565 g/mol. The average molecular weight is 566 g/mol. The third-order valence-electron chi connectivity index (χ3n) is 6.95. The SMILES string of the molecule is C=C/C=C(\S)C(=O)N[C@@H](CC1CCCCC1)C(=O)NC1CCCN(S(=O)(=O)c2cccc[n+]2OC)CC1=O. The number of sulfonamides is 1. The lowest BCUT2D eigenvalue weighted by Gasteiger charge is -2.28. The first-order chi connectivity index (χ1) is 18.2. The van der Waals surface area contributed by atoms with E-state index in [-0.39, 0.29) is 35.4 Å². The number of hydrogen-bond donors (Lipinski definition) is 3. The summed E-state index contributed by atoms with van der Waals surface area (Å²) in [5, 5.41) is 5.45. The van der Waals surface area contributed by atoms with Crippen molar-refractivity contribution in [3.8, 4) is 0 Å². The first kappa shape index (κ1) is 29.9. The normalized spacial score (nSPS) is 20.7. The van der Waals surface area contributed by atoms with Gasteiger partial charge in [0.2, 0.25) is 12.1 Å². The second-order valence-electron chi connectivity index (χ2n) is 9.61. The van der Waals surface area contributed by atoms with Crippen molar-refractivity contribution < 1.29 is 32.4 Å². The average Bonchev–Trinajstić information content (AvgIpc) is 3.10. The summed E-state index contributed by atoms with van der Waals surface area (Å²) < 4.78 is 28.8. The molecule has 1 unspecified atom stereocenters. The highest BCUT2D eigenvalue weighted by atomic mass is 32.2. The fourth-order valence-corrected chi connectivity index (χ4v) is 6.64. The summed E-state index contributed by atoms with van der Waals surface area (Å²) >= 11 is 4.17. The number of amides is 2. The second kappa shape index (κ2) is 13.9. The summed E-state index contributed by atoms with van der Waals surface area (Å²) in [5.74, 6) is -1.08. The van der Waals surface area contributed by atoms with E-state index in [4.69, 9.17) is 4.84 Å². The Morgan fingerprint density at radius 3 is 2.66 bits per heavy atom. The predicted molar refractivity (Wildman–Crippen MR) is 144 cm³/mol. The number of rotatable bonds is 10. The zero-order valence-corrected chi connectivity index (χ0v) is 23.4.